The van der Waals surface area contributed by atoms with E-state index in [1.807, 2.05) is 0 Å². The lowest BCUT2D eigenvalue weighted by Crippen LogP contribution is -2.30. The Balaban J connectivity index is 1.90. The zero-order chi connectivity index (χ0) is 14.2. The second-order valence-corrected chi connectivity index (χ2v) is 6.49. The fourth-order valence-electron chi connectivity index (χ4n) is 2.30. The van der Waals surface area contributed by atoms with Gasteiger partial charge in [0.15, 0.2) is 10.8 Å². The molecule has 0 saturated carbocycles. The van der Waals surface area contributed by atoms with Crippen molar-refractivity contribution in [2.75, 3.05) is 25.5 Å². The summed E-state index contributed by atoms with van der Waals surface area (Å²) in [6.07, 6.45) is 2.50. The number of nitrogens with two attached hydrogens (primary N) is 1. The summed E-state index contributed by atoms with van der Waals surface area (Å²) in [6, 6.07) is 5.22. The van der Waals surface area contributed by atoms with Crippen LogP contribution in [0, 0.1) is 5.92 Å². The van der Waals surface area contributed by atoms with E-state index in [0.29, 0.717) is 25.4 Å². The van der Waals surface area contributed by atoms with E-state index in [1.165, 1.54) is 4.40 Å². The minimum Gasteiger partial charge on any atom is -0.381 e. The first-order valence-corrected chi connectivity index (χ1v) is 7.86. The molecule has 3 heterocycles. The van der Waals surface area contributed by atoms with Crippen LogP contribution in [0.3, 0.4) is 0 Å². The van der Waals surface area contributed by atoms with Gasteiger partial charge in [-0.25, -0.2) is 18.1 Å². The van der Waals surface area contributed by atoms with Gasteiger partial charge in [-0.3, -0.25) is 4.40 Å². The van der Waals surface area contributed by atoms with Gasteiger partial charge >= 0.3 is 0 Å². The molecule has 0 aromatic carbocycles. The van der Waals surface area contributed by atoms with Gasteiger partial charge < -0.3 is 10.5 Å². The van der Waals surface area contributed by atoms with Crippen LogP contribution >= 0.6 is 0 Å². The molecule has 108 valence electrons. The lowest BCUT2D eigenvalue weighted by Gasteiger charge is -2.10. The maximum Gasteiger partial charge on any atom is 0.260 e. The number of nitrogens with zero attached hydrogens (tertiary/aromatic N) is 2. The van der Waals surface area contributed by atoms with Gasteiger partial charge in [-0.1, -0.05) is 6.07 Å². The van der Waals surface area contributed by atoms with Gasteiger partial charge in [-0.15, -0.1) is 0 Å². The molecule has 3 rings (SSSR count). The van der Waals surface area contributed by atoms with E-state index >= 15 is 0 Å². The number of hydrogen-bond donors (Lipinski definition) is 2. The molecule has 2 aromatic heterocycles. The molecule has 0 aliphatic carbocycles. The van der Waals surface area contributed by atoms with Gasteiger partial charge in [0, 0.05) is 19.3 Å². The third kappa shape index (κ3) is 2.37. The Morgan fingerprint density at radius 2 is 2.35 bits per heavy atom. The van der Waals surface area contributed by atoms with Crippen LogP contribution in [0.25, 0.3) is 5.65 Å². The van der Waals surface area contributed by atoms with Crippen molar-refractivity contribution in [3.63, 3.8) is 0 Å². The van der Waals surface area contributed by atoms with E-state index in [2.05, 4.69) is 9.71 Å². The smallest absolute Gasteiger partial charge is 0.260 e. The first-order valence-electron chi connectivity index (χ1n) is 6.38. The fraction of sp³-hybridized carbons (Fsp3) is 0.417. The third-order valence-electron chi connectivity index (χ3n) is 3.35. The monoisotopic (exact) mass is 296 g/mol. The van der Waals surface area contributed by atoms with Crippen molar-refractivity contribution in [2.45, 2.75) is 11.4 Å². The van der Waals surface area contributed by atoms with Crippen molar-refractivity contribution in [3.8, 4) is 0 Å². The first-order chi connectivity index (χ1) is 9.58. The third-order valence-corrected chi connectivity index (χ3v) is 4.81. The molecule has 3 N–H and O–H groups in total. The number of hydrogen-bond acceptors (Lipinski definition) is 5. The van der Waals surface area contributed by atoms with Crippen LogP contribution in [0.2, 0.25) is 0 Å². The summed E-state index contributed by atoms with van der Waals surface area (Å²) >= 11 is 0. The SMILES string of the molecule is Nc1nc2ccccn2c1S(=O)(=O)NCC1CCOC1. The Kier molecular flexibility index (Phi) is 3.36. The fourth-order valence-corrected chi connectivity index (χ4v) is 3.63. The number of aromatic nitrogens is 2. The predicted octanol–water partition coefficient (Wildman–Crippen LogP) is 0.231. The predicted molar refractivity (Wildman–Crippen MR) is 73.7 cm³/mol. The number of fused-ring (bicyclic) bond motifs is 1. The first kappa shape index (κ1) is 13.3. The average molecular weight is 296 g/mol. The summed E-state index contributed by atoms with van der Waals surface area (Å²) in [6.45, 7) is 1.62. The summed E-state index contributed by atoms with van der Waals surface area (Å²) < 4.78 is 34.1. The Labute approximate surface area is 116 Å². The Morgan fingerprint density at radius 1 is 1.50 bits per heavy atom. The van der Waals surface area contributed by atoms with Crippen LogP contribution in [0.5, 0.6) is 0 Å². The van der Waals surface area contributed by atoms with E-state index in [1.54, 1.807) is 24.4 Å². The maximum atomic E-state index is 12.4. The highest BCUT2D eigenvalue weighted by Crippen LogP contribution is 2.20. The minimum atomic E-state index is -3.69. The van der Waals surface area contributed by atoms with Crippen molar-refractivity contribution in [2.24, 2.45) is 5.92 Å². The van der Waals surface area contributed by atoms with Gasteiger partial charge in [0.25, 0.3) is 10.0 Å². The zero-order valence-electron chi connectivity index (χ0n) is 10.8. The summed E-state index contributed by atoms with van der Waals surface area (Å²) in [5, 5.41) is -0.00739. The minimum absolute atomic E-state index is 0.00590. The molecule has 1 unspecified atom stereocenters. The van der Waals surface area contributed by atoms with Crippen molar-refractivity contribution >= 4 is 21.5 Å². The quantitative estimate of drug-likeness (QED) is 0.841. The van der Waals surface area contributed by atoms with Gasteiger partial charge in [-0.2, -0.15) is 0 Å². The van der Waals surface area contributed by atoms with E-state index in [0.717, 1.165) is 6.42 Å². The number of ether oxygens (including phenoxy) is 1. The molecule has 1 atom stereocenters. The largest absolute Gasteiger partial charge is 0.381 e. The van der Waals surface area contributed by atoms with Crippen LogP contribution in [0.4, 0.5) is 5.82 Å². The number of nitrogen functional groups attached to an aromatic ring is 1. The van der Waals surface area contributed by atoms with Gasteiger partial charge in [0.1, 0.15) is 5.65 Å². The number of nitrogens with one attached hydrogen (secondary N) is 1. The number of rotatable bonds is 4. The molecule has 1 aliphatic heterocycles. The number of sulfonamides is 1. The summed E-state index contributed by atoms with van der Waals surface area (Å²) in [5.74, 6) is 0.219. The molecule has 7 nitrogen and oxygen atoms in total. The molecule has 0 amide bonds. The van der Waals surface area contributed by atoms with Crippen LogP contribution in [0.15, 0.2) is 29.4 Å². The highest BCUT2D eigenvalue weighted by atomic mass is 32.2. The summed E-state index contributed by atoms with van der Waals surface area (Å²) in [5.41, 5.74) is 6.26. The van der Waals surface area contributed by atoms with Gasteiger partial charge in [0.05, 0.1) is 6.61 Å². The number of pyridine rings is 1. The lowest BCUT2D eigenvalue weighted by atomic mass is 10.1. The molecule has 1 fully saturated rings. The molecule has 1 saturated heterocycles. The average Bonchev–Trinajstić information content (AvgIpc) is 3.02. The second kappa shape index (κ2) is 5.04. The Morgan fingerprint density at radius 3 is 3.10 bits per heavy atom. The molecule has 0 radical (unpaired) electrons. The second-order valence-electron chi connectivity index (χ2n) is 4.81. The van der Waals surface area contributed by atoms with Crippen LogP contribution in [-0.2, 0) is 14.8 Å². The van der Waals surface area contributed by atoms with Crippen LogP contribution in [0.1, 0.15) is 6.42 Å². The van der Waals surface area contributed by atoms with Crippen LogP contribution in [-0.4, -0.2) is 37.6 Å². The van der Waals surface area contributed by atoms with E-state index in [4.69, 9.17) is 10.5 Å². The molecule has 1 aliphatic rings. The molecule has 20 heavy (non-hydrogen) atoms. The van der Waals surface area contributed by atoms with Crippen molar-refractivity contribution in [1.82, 2.24) is 14.1 Å². The van der Waals surface area contributed by atoms with E-state index in [-0.39, 0.29) is 16.8 Å². The highest BCUT2D eigenvalue weighted by molar-refractivity contribution is 7.89. The summed E-state index contributed by atoms with van der Waals surface area (Å²) in [4.78, 5) is 4.06. The van der Waals surface area contributed by atoms with Crippen molar-refractivity contribution < 1.29 is 13.2 Å². The summed E-state index contributed by atoms with van der Waals surface area (Å²) in [7, 11) is -3.69. The normalized spacial score (nSPS) is 19.7. The van der Waals surface area contributed by atoms with Gasteiger partial charge in [-0.05, 0) is 24.5 Å². The topological polar surface area (TPSA) is 98.7 Å². The van der Waals surface area contributed by atoms with Crippen molar-refractivity contribution in [1.29, 1.82) is 0 Å². The molecule has 8 heteroatoms. The number of anilines is 1. The highest BCUT2D eigenvalue weighted by Gasteiger charge is 2.25. The zero-order valence-corrected chi connectivity index (χ0v) is 11.6. The van der Waals surface area contributed by atoms with E-state index in [9.17, 15) is 8.42 Å². The molecular weight excluding hydrogens is 280 g/mol. The molecule has 2 aromatic rings. The molecule has 0 spiro atoms. The molecule has 0 bridgehead atoms. The lowest BCUT2D eigenvalue weighted by molar-refractivity contribution is 0.186. The maximum absolute atomic E-state index is 12.4. The molecular formula is C12H16N4O3S. The van der Waals surface area contributed by atoms with E-state index < -0.39 is 10.0 Å². The van der Waals surface area contributed by atoms with Gasteiger partial charge in [0.2, 0.25) is 0 Å². The Hall–Kier alpha value is -1.64. The standard InChI is InChI=1S/C12H16N4O3S/c13-11-12(16-5-2-1-3-10(16)15-11)20(17,18)14-7-9-4-6-19-8-9/h1-3,5,9,14H,4,6-8,13H2. The Bertz CT molecular complexity index is 719. The van der Waals surface area contributed by atoms with Crippen LogP contribution < -0.4 is 10.5 Å². The number of imidazole rings is 1. The van der Waals surface area contributed by atoms with Crippen molar-refractivity contribution in [3.05, 3.63) is 24.4 Å².